The predicted molar refractivity (Wildman–Crippen MR) is 45.3 cm³/mol. The fourth-order valence-corrected chi connectivity index (χ4v) is 0.396. The first-order valence-corrected chi connectivity index (χ1v) is 3.55. The van der Waals surface area contributed by atoms with Crippen LogP contribution in [0.4, 0.5) is 9.59 Å². The van der Waals surface area contributed by atoms with Crippen LogP contribution in [-0.2, 0) is 18.9 Å². The summed E-state index contributed by atoms with van der Waals surface area (Å²) < 4.78 is 17.1. The van der Waals surface area contributed by atoms with Crippen LogP contribution in [0.5, 0.6) is 0 Å². The normalized spacial score (nSPS) is 8.29. The van der Waals surface area contributed by atoms with Gasteiger partial charge in [0, 0.05) is 0 Å². The summed E-state index contributed by atoms with van der Waals surface area (Å²) in [5.74, 6) is 0. The highest BCUT2D eigenvalue weighted by molar-refractivity contribution is 5.62. The molecular formula is C8H10O6. The Morgan fingerprint density at radius 1 is 1.07 bits per heavy atom. The van der Waals surface area contributed by atoms with Crippen molar-refractivity contribution < 1.29 is 28.5 Å². The molecule has 0 radical (unpaired) electrons. The van der Waals surface area contributed by atoms with Crippen LogP contribution < -0.4 is 0 Å². The summed E-state index contributed by atoms with van der Waals surface area (Å²) >= 11 is 0. The first kappa shape index (κ1) is 12.0. The van der Waals surface area contributed by atoms with Crippen LogP contribution in [0.15, 0.2) is 25.5 Å². The van der Waals surface area contributed by atoms with Gasteiger partial charge < -0.3 is 18.9 Å². The Bertz CT molecular complexity index is 222. The van der Waals surface area contributed by atoms with Crippen molar-refractivity contribution in [2.24, 2.45) is 0 Å². The predicted octanol–water partition coefficient (Wildman–Crippen LogP) is 1.58. The van der Waals surface area contributed by atoms with Gasteiger partial charge in [-0.3, -0.25) is 0 Å². The van der Waals surface area contributed by atoms with Crippen molar-refractivity contribution >= 4 is 12.3 Å². The highest BCUT2D eigenvalue weighted by Crippen LogP contribution is 1.89. The molecule has 0 aliphatic carbocycles. The van der Waals surface area contributed by atoms with E-state index >= 15 is 0 Å². The van der Waals surface area contributed by atoms with Crippen LogP contribution in [-0.4, -0.2) is 25.7 Å². The van der Waals surface area contributed by atoms with Crippen LogP contribution >= 0.6 is 0 Å². The third-order valence-corrected chi connectivity index (χ3v) is 0.852. The lowest BCUT2D eigenvalue weighted by molar-refractivity contribution is -0.0275. The van der Waals surface area contributed by atoms with Gasteiger partial charge in [0.2, 0.25) is 6.79 Å². The summed E-state index contributed by atoms with van der Waals surface area (Å²) in [6.07, 6.45) is 0.278. The van der Waals surface area contributed by atoms with E-state index in [-0.39, 0.29) is 6.61 Å². The lowest BCUT2D eigenvalue weighted by Crippen LogP contribution is -2.13. The van der Waals surface area contributed by atoms with Crippen LogP contribution in [0.2, 0.25) is 0 Å². The fourth-order valence-electron chi connectivity index (χ4n) is 0.396. The van der Waals surface area contributed by atoms with E-state index in [0.717, 1.165) is 6.26 Å². The molecule has 0 heterocycles. The van der Waals surface area contributed by atoms with E-state index < -0.39 is 19.1 Å². The average Bonchev–Trinajstić information content (AvgIpc) is 2.15. The summed E-state index contributed by atoms with van der Waals surface area (Å²) in [5, 5.41) is 0. The van der Waals surface area contributed by atoms with E-state index in [0.29, 0.717) is 0 Å². The van der Waals surface area contributed by atoms with Crippen LogP contribution in [0.3, 0.4) is 0 Å². The molecule has 0 rings (SSSR count). The number of hydrogen-bond acceptors (Lipinski definition) is 6. The number of ether oxygens (including phenoxy) is 4. The van der Waals surface area contributed by atoms with Crippen molar-refractivity contribution in [3.8, 4) is 0 Å². The molecule has 0 fully saturated rings. The Kier molecular flexibility index (Phi) is 6.57. The summed E-state index contributed by atoms with van der Waals surface area (Å²) in [6, 6.07) is 0. The van der Waals surface area contributed by atoms with Crippen molar-refractivity contribution in [3.05, 3.63) is 25.5 Å². The van der Waals surface area contributed by atoms with E-state index in [2.05, 4.69) is 32.1 Å². The van der Waals surface area contributed by atoms with Gasteiger partial charge in [-0.1, -0.05) is 19.2 Å². The highest BCUT2D eigenvalue weighted by Gasteiger charge is 2.05. The zero-order chi connectivity index (χ0) is 10.8. The monoisotopic (exact) mass is 202 g/mol. The number of hydrogen-bond donors (Lipinski definition) is 0. The van der Waals surface area contributed by atoms with Gasteiger partial charge in [-0.05, 0) is 0 Å². The number of carbonyl (C=O) groups is 2. The van der Waals surface area contributed by atoms with Gasteiger partial charge in [-0.2, -0.15) is 0 Å². The molecule has 0 unspecified atom stereocenters. The largest absolute Gasteiger partial charge is 0.516 e. The van der Waals surface area contributed by atoms with Gasteiger partial charge in [-0.15, -0.1) is 0 Å². The van der Waals surface area contributed by atoms with E-state index in [1.165, 1.54) is 6.08 Å². The third kappa shape index (κ3) is 6.71. The van der Waals surface area contributed by atoms with Crippen molar-refractivity contribution in [3.63, 3.8) is 0 Å². The Hall–Kier alpha value is -1.98. The molecular weight excluding hydrogens is 192 g/mol. The molecule has 0 N–H and O–H groups in total. The molecule has 0 atom stereocenters. The number of carbonyl (C=O) groups excluding carboxylic acids is 2. The summed E-state index contributed by atoms with van der Waals surface area (Å²) in [6.45, 7) is 5.88. The van der Waals surface area contributed by atoms with Crippen molar-refractivity contribution in [2.75, 3.05) is 13.4 Å². The smallest absolute Gasteiger partial charge is 0.430 e. The van der Waals surface area contributed by atoms with Crippen molar-refractivity contribution in [1.82, 2.24) is 0 Å². The van der Waals surface area contributed by atoms with Crippen LogP contribution in [0.1, 0.15) is 0 Å². The zero-order valence-electron chi connectivity index (χ0n) is 7.43. The Morgan fingerprint density at radius 3 is 2.29 bits per heavy atom. The summed E-state index contributed by atoms with van der Waals surface area (Å²) in [4.78, 5) is 21.1. The molecule has 0 aliphatic heterocycles. The fraction of sp³-hybridized carbons (Fsp3) is 0.250. The molecule has 6 heteroatoms. The number of rotatable bonds is 5. The van der Waals surface area contributed by atoms with Gasteiger partial charge in [0.1, 0.15) is 6.61 Å². The lowest BCUT2D eigenvalue weighted by Gasteiger charge is -2.04. The molecule has 0 spiro atoms. The Balaban J connectivity index is 3.43. The van der Waals surface area contributed by atoms with Gasteiger partial charge in [-0.25, -0.2) is 9.59 Å². The second kappa shape index (κ2) is 7.66. The molecule has 0 bridgehead atoms. The topological polar surface area (TPSA) is 71.1 Å². The van der Waals surface area contributed by atoms with Gasteiger partial charge in [0.25, 0.3) is 0 Å². The van der Waals surface area contributed by atoms with E-state index in [4.69, 9.17) is 0 Å². The van der Waals surface area contributed by atoms with E-state index in [1.807, 2.05) is 0 Å². The minimum Gasteiger partial charge on any atom is -0.430 e. The molecule has 0 aromatic carbocycles. The zero-order valence-corrected chi connectivity index (χ0v) is 7.43. The molecule has 78 valence electrons. The molecule has 0 aliphatic rings. The van der Waals surface area contributed by atoms with Crippen LogP contribution in [0, 0.1) is 0 Å². The van der Waals surface area contributed by atoms with Gasteiger partial charge in [0.05, 0.1) is 6.26 Å². The van der Waals surface area contributed by atoms with Gasteiger partial charge in [0.15, 0.2) is 0 Å². The molecule has 0 saturated carbocycles. The van der Waals surface area contributed by atoms with Crippen LogP contribution in [0.25, 0.3) is 0 Å². The van der Waals surface area contributed by atoms with E-state index in [9.17, 15) is 9.59 Å². The molecule has 0 aromatic heterocycles. The maximum absolute atomic E-state index is 10.6. The average molecular weight is 202 g/mol. The van der Waals surface area contributed by atoms with Gasteiger partial charge >= 0.3 is 12.3 Å². The first-order chi connectivity index (χ1) is 6.70. The van der Waals surface area contributed by atoms with Crippen molar-refractivity contribution in [1.29, 1.82) is 0 Å². The Morgan fingerprint density at radius 2 is 1.71 bits per heavy atom. The minimum atomic E-state index is -1.02. The summed E-state index contributed by atoms with van der Waals surface area (Å²) in [7, 11) is 0. The molecule has 0 amide bonds. The maximum Gasteiger partial charge on any atom is 0.516 e. The molecule has 0 saturated heterocycles. The quantitative estimate of drug-likeness (QED) is 0.291. The SMILES string of the molecule is C=CCOC(=O)OCOC(=O)OC=C. The first-order valence-electron chi connectivity index (χ1n) is 3.55. The summed E-state index contributed by atoms with van der Waals surface area (Å²) in [5.41, 5.74) is 0. The molecule has 14 heavy (non-hydrogen) atoms. The standard InChI is InChI=1S/C8H10O6/c1-3-5-12-8(10)14-6-13-7(9)11-4-2/h3-4H,1-2,5-6H2. The van der Waals surface area contributed by atoms with E-state index in [1.54, 1.807) is 0 Å². The third-order valence-electron chi connectivity index (χ3n) is 0.852. The second-order valence-electron chi connectivity index (χ2n) is 1.79. The maximum atomic E-state index is 10.6. The molecule has 6 nitrogen and oxygen atoms in total. The minimum absolute atomic E-state index is 0.0237. The molecule has 0 aromatic rings. The Labute approximate surface area is 80.7 Å². The lowest BCUT2D eigenvalue weighted by atomic mass is 10.7. The highest BCUT2D eigenvalue weighted by atomic mass is 16.8. The second-order valence-corrected chi connectivity index (χ2v) is 1.79. The van der Waals surface area contributed by atoms with Crippen molar-refractivity contribution in [2.45, 2.75) is 0 Å².